The first-order valence-corrected chi connectivity index (χ1v) is 10.4. The fourth-order valence-electron chi connectivity index (χ4n) is 4.45. The molecule has 0 fully saturated rings. The zero-order valence-electron chi connectivity index (χ0n) is 17.8. The summed E-state index contributed by atoms with van der Waals surface area (Å²) in [5, 5.41) is 10.1. The van der Waals surface area contributed by atoms with Crippen LogP contribution in [0.5, 0.6) is 0 Å². The SMILES string of the molecule is Cc1ccc(C)c(C2CCc3nc4ccc(-c5cnc(C(C)(C)O)nc5)cc4n32)c1. The van der Waals surface area contributed by atoms with Crippen LogP contribution in [0.1, 0.15) is 54.6 Å². The largest absolute Gasteiger partial charge is 0.382 e. The first-order chi connectivity index (χ1) is 14.3. The molecule has 4 aromatic rings. The summed E-state index contributed by atoms with van der Waals surface area (Å²) in [6.07, 6.45) is 5.64. The van der Waals surface area contributed by atoms with Crippen molar-refractivity contribution in [2.45, 2.75) is 52.2 Å². The molecular formula is C25H26N4O. The van der Waals surface area contributed by atoms with Crippen molar-refractivity contribution in [3.05, 3.63) is 77.1 Å². The third-order valence-electron chi connectivity index (χ3n) is 6.04. The Morgan fingerprint density at radius 2 is 1.77 bits per heavy atom. The molecular weight excluding hydrogens is 372 g/mol. The molecule has 1 atom stereocenters. The highest BCUT2D eigenvalue weighted by molar-refractivity contribution is 5.83. The fraction of sp³-hybridized carbons (Fsp3) is 0.320. The summed E-state index contributed by atoms with van der Waals surface area (Å²) in [6.45, 7) is 7.73. The Morgan fingerprint density at radius 3 is 2.50 bits per heavy atom. The molecule has 5 heteroatoms. The number of nitrogens with zero attached hydrogens (tertiary/aromatic N) is 4. The smallest absolute Gasteiger partial charge is 0.159 e. The third kappa shape index (κ3) is 3.10. The lowest BCUT2D eigenvalue weighted by Crippen LogP contribution is -2.19. The van der Waals surface area contributed by atoms with Crippen LogP contribution in [0, 0.1) is 13.8 Å². The topological polar surface area (TPSA) is 63.8 Å². The van der Waals surface area contributed by atoms with Crippen molar-refractivity contribution in [1.29, 1.82) is 0 Å². The first kappa shape index (κ1) is 18.9. The summed E-state index contributed by atoms with van der Waals surface area (Å²) >= 11 is 0. The second-order valence-electron chi connectivity index (χ2n) is 8.87. The number of aliphatic hydroxyl groups is 1. The summed E-state index contributed by atoms with van der Waals surface area (Å²) in [7, 11) is 0. The van der Waals surface area contributed by atoms with E-state index in [1.54, 1.807) is 26.2 Å². The van der Waals surface area contributed by atoms with Gasteiger partial charge in [0.15, 0.2) is 5.82 Å². The van der Waals surface area contributed by atoms with E-state index >= 15 is 0 Å². The normalized spacial score (nSPS) is 16.2. The molecule has 3 heterocycles. The van der Waals surface area contributed by atoms with Crippen LogP contribution < -0.4 is 0 Å². The fourth-order valence-corrected chi connectivity index (χ4v) is 4.45. The molecule has 0 amide bonds. The molecule has 0 radical (unpaired) electrons. The average Bonchev–Trinajstić information content (AvgIpc) is 3.28. The van der Waals surface area contributed by atoms with E-state index in [9.17, 15) is 5.11 Å². The van der Waals surface area contributed by atoms with Crippen LogP contribution in [-0.2, 0) is 12.0 Å². The van der Waals surface area contributed by atoms with E-state index in [0.717, 1.165) is 40.8 Å². The minimum atomic E-state index is -1.05. The maximum atomic E-state index is 10.1. The number of benzene rings is 2. The van der Waals surface area contributed by atoms with Gasteiger partial charge in [0.25, 0.3) is 0 Å². The van der Waals surface area contributed by atoms with Gasteiger partial charge in [-0.1, -0.05) is 29.8 Å². The summed E-state index contributed by atoms with van der Waals surface area (Å²) in [5.74, 6) is 1.58. The van der Waals surface area contributed by atoms with Crippen LogP contribution in [0.3, 0.4) is 0 Å². The maximum Gasteiger partial charge on any atom is 0.159 e. The zero-order valence-corrected chi connectivity index (χ0v) is 17.8. The standard InChI is InChI=1S/C25H26N4O/c1-15-5-6-16(2)19(11-15)21-9-10-23-28-20-8-7-17(12-22(20)29(21)23)18-13-26-24(27-14-18)25(3,4)30/h5-8,11-14,21,30H,9-10H2,1-4H3. The molecule has 5 nitrogen and oxygen atoms in total. The minimum absolute atomic E-state index is 0.314. The van der Waals surface area contributed by atoms with E-state index in [1.807, 2.05) is 0 Å². The first-order valence-electron chi connectivity index (χ1n) is 10.4. The van der Waals surface area contributed by atoms with Gasteiger partial charge in [-0.2, -0.15) is 0 Å². The number of rotatable bonds is 3. The number of hydrogen-bond donors (Lipinski definition) is 1. The highest BCUT2D eigenvalue weighted by Crippen LogP contribution is 2.38. The van der Waals surface area contributed by atoms with Gasteiger partial charge in [-0.05, 0) is 62.9 Å². The van der Waals surface area contributed by atoms with Gasteiger partial charge in [-0.25, -0.2) is 15.0 Å². The Kier molecular flexibility index (Phi) is 4.26. The van der Waals surface area contributed by atoms with Gasteiger partial charge >= 0.3 is 0 Å². The molecule has 1 unspecified atom stereocenters. The van der Waals surface area contributed by atoms with E-state index in [0.29, 0.717) is 11.9 Å². The van der Waals surface area contributed by atoms with Gasteiger partial charge < -0.3 is 9.67 Å². The predicted molar refractivity (Wildman–Crippen MR) is 118 cm³/mol. The molecule has 0 saturated carbocycles. The summed E-state index contributed by atoms with van der Waals surface area (Å²) in [4.78, 5) is 13.6. The second-order valence-corrected chi connectivity index (χ2v) is 8.87. The zero-order chi connectivity index (χ0) is 21.0. The summed E-state index contributed by atoms with van der Waals surface area (Å²) < 4.78 is 2.41. The van der Waals surface area contributed by atoms with Crippen LogP contribution in [0.2, 0.25) is 0 Å². The molecule has 30 heavy (non-hydrogen) atoms. The highest BCUT2D eigenvalue weighted by Gasteiger charge is 2.28. The van der Waals surface area contributed by atoms with Gasteiger partial charge in [0.05, 0.1) is 17.1 Å². The molecule has 2 aromatic heterocycles. The molecule has 0 saturated heterocycles. The lowest BCUT2D eigenvalue weighted by molar-refractivity contribution is 0.0687. The van der Waals surface area contributed by atoms with Gasteiger partial charge in [0, 0.05) is 24.4 Å². The Hall–Kier alpha value is -3.05. The van der Waals surface area contributed by atoms with Crippen molar-refractivity contribution in [2.24, 2.45) is 0 Å². The van der Waals surface area contributed by atoms with Gasteiger partial charge in [0.2, 0.25) is 0 Å². The molecule has 2 aromatic carbocycles. The molecule has 1 aliphatic heterocycles. The molecule has 1 aliphatic rings. The second kappa shape index (κ2) is 6.74. The number of imidazole rings is 1. The predicted octanol–water partition coefficient (Wildman–Crippen LogP) is 4.87. The summed E-state index contributed by atoms with van der Waals surface area (Å²) in [6, 6.07) is 13.4. The van der Waals surface area contributed by atoms with Crippen molar-refractivity contribution in [1.82, 2.24) is 19.5 Å². The Labute approximate surface area is 176 Å². The van der Waals surface area contributed by atoms with E-state index in [2.05, 4.69) is 64.8 Å². The Balaban J connectivity index is 1.60. The van der Waals surface area contributed by atoms with Gasteiger partial charge in [0.1, 0.15) is 11.4 Å². The molecule has 152 valence electrons. The third-order valence-corrected chi connectivity index (χ3v) is 6.04. The van der Waals surface area contributed by atoms with Crippen LogP contribution in [0.15, 0.2) is 48.8 Å². The Morgan fingerprint density at radius 1 is 1.00 bits per heavy atom. The average molecular weight is 399 g/mol. The van der Waals surface area contributed by atoms with E-state index in [-0.39, 0.29) is 0 Å². The van der Waals surface area contributed by atoms with E-state index in [4.69, 9.17) is 4.98 Å². The Bertz CT molecular complexity index is 1250. The molecule has 5 rings (SSSR count). The number of fused-ring (bicyclic) bond motifs is 3. The maximum absolute atomic E-state index is 10.1. The highest BCUT2D eigenvalue weighted by atomic mass is 16.3. The lowest BCUT2D eigenvalue weighted by Gasteiger charge is -2.18. The van der Waals surface area contributed by atoms with Crippen LogP contribution in [0.4, 0.5) is 0 Å². The summed E-state index contributed by atoms with van der Waals surface area (Å²) in [5.41, 5.74) is 7.12. The molecule has 0 spiro atoms. The van der Waals surface area contributed by atoms with Crippen LogP contribution in [-0.4, -0.2) is 24.6 Å². The number of aryl methyl sites for hydroxylation is 3. The molecule has 0 aliphatic carbocycles. The van der Waals surface area contributed by atoms with Gasteiger partial charge in [-0.3, -0.25) is 0 Å². The van der Waals surface area contributed by atoms with Crippen molar-refractivity contribution in [3.8, 4) is 11.1 Å². The van der Waals surface area contributed by atoms with Crippen molar-refractivity contribution < 1.29 is 5.11 Å². The van der Waals surface area contributed by atoms with Gasteiger partial charge in [-0.15, -0.1) is 0 Å². The van der Waals surface area contributed by atoms with Crippen LogP contribution in [0.25, 0.3) is 22.2 Å². The molecule has 0 bridgehead atoms. The van der Waals surface area contributed by atoms with Crippen molar-refractivity contribution in [2.75, 3.05) is 0 Å². The number of aromatic nitrogens is 4. The minimum Gasteiger partial charge on any atom is -0.382 e. The molecule has 1 N–H and O–H groups in total. The van der Waals surface area contributed by atoms with E-state index in [1.165, 1.54) is 16.7 Å². The van der Waals surface area contributed by atoms with Crippen molar-refractivity contribution >= 4 is 11.0 Å². The van der Waals surface area contributed by atoms with E-state index < -0.39 is 5.60 Å². The van der Waals surface area contributed by atoms with Crippen LogP contribution >= 0.6 is 0 Å². The number of hydrogen-bond acceptors (Lipinski definition) is 4. The quantitative estimate of drug-likeness (QED) is 0.535. The monoisotopic (exact) mass is 398 g/mol. The van der Waals surface area contributed by atoms with Crippen molar-refractivity contribution in [3.63, 3.8) is 0 Å². The lowest BCUT2D eigenvalue weighted by atomic mass is 9.97.